The van der Waals surface area contributed by atoms with Crippen LogP contribution in [0.1, 0.15) is 48.3 Å². The van der Waals surface area contributed by atoms with Gasteiger partial charge in [0.1, 0.15) is 6.61 Å². The Bertz CT molecular complexity index is 1060. The van der Waals surface area contributed by atoms with Gasteiger partial charge in [-0.25, -0.2) is 4.98 Å². The van der Waals surface area contributed by atoms with Crippen molar-refractivity contribution < 1.29 is 14.3 Å². The summed E-state index contributed by atoms with van der Waals surface area (Å²) in [6.07, 6.45) is 6.02. The van der Waals surface area contributed by atoms with Crippen LogP contribution < -0.4 is 14.8 Å². The van der Waals surface area contributed by atoms with Crippen LogP contribution >= 0.6 is 11.3 Å². The van der Waals surface area contributed by atoms with Crippen molar-refractivity contribution in [3.05, 3.63) is 64.9 Å². The van der Waals surface area contributed by atoms with Gasteiger partial charge >= 0.3 is 0 Å². The van der Waals surface area contributed by atoms with Crippen molar-refractivity contribution in [2.75, 3.05) is 25.0 Å². The second-order valence-electron chi connectivity index (χ2n) is 8.33. The molecule has 3 heterocycles. The molecule has 1 saturated heterocycles. The van der Waals surface area contributed by atoms with E-state index >= 15 is 0 Å². The SMILES string of the molecule is CCOc1cc(C(=O)Nc2nc(CN3CCC[C@H](C)C3)cs2)ccc1OCc1cccnc1. The highest BCUT2D eigenvalue weighted by atomic mass is 32.1. The molecule has 0 radical (unpaired) electrons. The lowest BCUT2D eigenvalue weighted by Crippen LogP contribution is -2.33. The van der Waals surface area contributed by atoms with Crippen molar-refractivity contribution in [1.29, 1.82) is 0 Å². The zero-order valence-electron chi connectivity index (χ0n) is 19.1. The van der Waals surface area contributed by atoms with E-state index in [0.29, 0.717) is 35.4 Å². The molecule has 1 atom stereocenters. The summed E-state index contributed by atoms with van der Waals surface area (Å²) >= 11 is 1.45. The minimum atomic E-state index is -0.220. The molecule has 0 saturated carbocycles. The number of benzene rings is 1. The Hall–Kier alpha value is -2.97. The molecule has 3 aromatic rings. The summed E-state index contributed by atoms with van der Waals surface area (Å²) in [6, 6.07) is 9.03. The number of likely N-dealkylation sites (tertiary alicyclic amines) is 1. The molecule has 1 amide bonds. The normalized spacial score (nSPS) is 16.4. The molecule has 2 aromatic heterocycles. The average Bonchev–Trinajstić information content (AvgIpc) is 3.25. The Labute approximate surface area is 198 Å². The third kappa shape index (κ3) is 6.52. The molecule has 1 aromatic carbocycles. The molecule has 1 aliphatic rings. The fraction of sp³-hybridized carbons (Fsp3) is 0.400. The lowest BCUT2D eigenvalue weighted by molar-refractivity contribution is 0.102. The molecule has 0 unspecified atom stereocenters. The van der Waals surface area contributed by atoms with Crippen molar-refractivity contribution in [1.82, 2.24) is 14.9 Å². The first-order valence-corrected chi connectivity index (χ1v) is 12.3. The maximum absolute atomic E-state index is 12.8. The van der Waals surface area contributed by atoms with E-state index in [0.717, 1.165) is 36.8 Å². The number of carbonyl (C=O) groups excluding carboxylic acids is 1. The number of carbonyl (C=O) groups is 1. The van der Waals surface area contributed by atoms with Crippen LogP contribution in [0.3, 0.4) is 0 Å². The van der Waals surface area contributed by atoms with Crippen molar-refractivity contribution in [3.63, 3.8) is 0 Å². The van der Waals surface area contributed by atoms with E-state index in [1.807, 2.05) is 24.4 Å². The largest absolute Gasteiger partial charge is 0.490 e. The number of piperidine rings is 1. The number of hydrogen-bond acceptors (Lipinski definition) is 7. The first-order chi connectivity index (χ1) is 16.1. The molecule has 1 N–H and O–H groups in total. The molecule has 1 fully saturated rings. The van der Waals surface area contributed by atoms with Crippen LogP contribution in [0.25, 0.3) is 0 Å². The van der Waals surface area contributed by atoms with Gasteiger partial charge in [0, 0.05) is 42.0 Å². The lowest BCUT2D eigenvalue weighted by atomic mass is 10.0. The van der Waals surface area contributed by atoms with Crippen LogP contribution in [0.5, 0.6) is 11.5 Å². The molecule has 8 heteroatoms. The number of rotatable bonds is 9. The number of anilines is 1. The summed E-state index contributed by atoms with van der Waals surface area (Å²) in [6.45, 7) is 8.08. The molecule has 174 valence electrons. The van der Waals surface area contributed by atoms with Gasteiger partial charge in [-0.3, -0.25) is 20.0 Å². The predicted molar refractivity (Wildman–Crippen MR) is 130 cm³/mol. The Morgan fingerprint density at radius 1 is 1.27 bits per heavy atom. The summed E-state index contributed by atoms with van der Waals surface area (Å²) < 4.78 is 11.6. The summed E-state index contributed by atoms with van der Waals surface area (Å²) in [5.74, 6) is 1.63. The van der Waals surface area contributed by atoms with Crippen LogP contribution in [0.15, 0.2) is 48.1 Å². The van der Waals surface area contributed by atoms with Gasteiger partial charge in [0.15, 0.2) is 16.6 Å². The van der Waals surface area contributed by atoms with Crippen LogP contribution in [0, 0.1) is 5.92 Å². The second kappa shape index (κ2) is 11.2. The van der Waals surface area contributed by atoms with Crippen molar-refractivity contribution in [2.45, 2.75) is 39.8 Å². The average molecular weight is 467 g/mol. The lowest BCUT2D eigenvalue weighted by Gasteiger charge is -2.30. The minimum absolute atomic E-state index is 0.220. The number of hydrogen-bond donors (Lipinski definition) is 1. The number of ether oxygens (including phenoxy) is 2. The number of pyridine rings is 1. The maximum atomic E-state index is 12.8. The van der Waals surface area contributed by atoms with Gasteiger partial charge in [-0.15, -0.1) is 11.3 Å². The maximum Gasteiger partial charge on any atom is 0.257 e. The highest BCUT2D eigenvalue weighted by Crippen LogP contribution is 2.30. The van der Waals surface area contributed by atoms with Gasteiger partial charge in [0.05, 0.1) is 12.3 Å². The summed E-state index contributed by atoms with van der Waals surface area (Å²) in [5.41, 5.74) is 2.45. The molecule has 0 aliphatic carbocycles. The first-order valence-electron chi connectivity index (χ1n) is 11.4. The molecule has 7 nitrogen and oxygen atoms in total. The molecule has 1 aliphatic heterocycles. The minimum Gasteiger partial charge on any atom is -0.490 e. The van der Waals surface area contributed by atoms with Crippen molar-refractivity contribution in [3.8, 4) is 11.5 Å². The van der Waals surface area contributed by atoms with Gasteiger partial charge < -0.3 is 9.47 Å². The quantitative estimate of drug-likeness (QED) is 0.478. The molecule has 0 spiro atoms. The van der Waals surface area contributed by atoms with Gasteiger partial charge in [-0.1, -0.05) is 13.0 Å². The van der Waals surface area contributed by atoms with Gasteiger partial charge in [-0.05, 0) is 56.5 Å². The van der Waals surface area contributed by atoms with E-state index in [4.69, 9.17) is 9.47 Å². The Kier molecular flexibility index (Phi) is 7.91. The highest BCUT2D eigenvalue weighted by Gasteiger charge is 2.18. The Balaban J connectivity index is 1.38. The number of amides is 1. The van der Waals surface area contributed by atoms with Gasteiger partial charge in [0.2, 0.25) is 0 Å². The predicted octanol–water partition coefficient (Wildman–Crippen LogP) is 5.00. The van der Waals surface area contributed by atoms with Crippen molar-refractivity contribution >= 4 is 22.4 Å². The molecule has 0 bridgehead atoms. The van der Waals surface area contributed by atoms with Gasteiger partial charge in [-0.2, -0.15) is 0 Å². The molecule has 33 heavy (non-hydrogen) atoms. The fourth-order valence-electron chi connectivity index (χ4n) is 3.95. The number of nitrogens with one attached hydrogen (secondary N) is 1. The Morgan fingerprint density at radius 2 is 2.18 bits per heavy atom. The second-order valence-corrected chi connectivity index (χ2v) is 9.18. The fourth-order valence-corrected chi connectivity index (χ4v) is 4.64. The third-order valence-corrected chi connectivity index (χ3v) is 6.33. The molecular formula is C25H30N4O3S. The van der Waals surface area contributed by atoms with E-state index in [1.165, 1.54) is 24.2 Å². The summed E-state index contributed by atoms with van der Waals surface area (Å²) in [7, 11) is 0. The molecule has 4 rings (SSSR count). The number of aromatic nitrogens is 2. The van der Waals surface area contributed by atoms with E-state index in [-0.39, 0.29) is 5.91 Å². The summed E-state index contributed by atoms with van der Waals surface area (Å²) in [4.78, 5) is 24.0. The smallest absolute Gasteiger partial charge is 0.257 e. The van der Waals surface area contributed by atoms with Crippen LogP contribution in [-0.4, -0.2) is 40.5 Å². The number of nitrogens with zero attached hydrogens (tertiary/aromatic N) is 3. The summed E-state index contributed by atoms with van der Waals surface area (Å²) in [5, 5.41) is 5.55. The standard InChI is InChI=1S/C25H30N4O3S/c1-3-31-23-12-20(8-9-22(23)32-16-19-7-4-10-26-13-19)24(30)28-25-27-21(17-33-25)15-29-11-5-6-18(2)14-29/h4,7-10,12-13,17-18H,3,5-6,11,14-16H2,1-2H3,(H,27,28,30)/t18-/m0/s1. The van der Waals surface area contributed by atoms with E-state index in [1.54, 1.807) is 30.6 Å². The monoisotopic (exact) mass is 466 g/mol. The van der Waals surface area contributed by atoms with E-state index in [9.17, 15) is 4.79 Å². The first kappa shape index (κ1) is 23.2. The van der Waals surface area contributed by atoms with Crippen LogP contribution in [0.2, 0.25) is 0 Å². The topological polar surface area (TPSA) is 76.6 Å². The van der Waals surface area contributed by atoms with Crippen LogP contribution in [-0.2, 0) is 13.2 Å². The number of thiazole rings is 1. The van der Waals surface area contributed by atoms with Crippen LogP contribution in [0.4, 0.5) is 5.13 Å². The zero-order valence-corrected chi connectivity index (χ0v) is 19.9. The van der Waals surface area contributed by atoms with E-state index in [2.05, 4.69) is 27.1 Å². The third-order valence-electron chi connectivity index (χ3n) is 5.52. The Morgan fingerprint density at radius 3 is 2.97 bits per heavy atom. The van der Waals surface area contributed by atoms with Crippen molar-refractivity contribution in [2.24, 2.45) is 5.92 Å². The highest BCUT2D eigenvalue weighted by molar-refractivity contribution is 7.14. The van der Waals surface area contributed by atoms with Gasteiger partial charge in [0.25, 0.3) is 5.91 Å². The van der Waals surface area contributed by atoms with E-state index < -0.39 is 0 Å². The molecular weight excluding hydrogens is 436 g/mol. The zero-order chi connectivity index (χ0) is 23.0.